The summed E-state index contributed by atoms with van der Waals surface area (Å²) in [6.45, 7) is 6.56. The van der Waals surface area contributed by atoms with Crippen molar-refractivity contribution in [1.29, 1.82) is 0 Å². The Morgan fingerprint density at radius 2 is 1.84 bits per heavy atom. The number of benzene rings is 1. The molecule has 4 atom stereocenters. The van der Waals surface area contributed by atoms with Crippen LogP contribution in [0.25, 0.3) is 10.9 Å². The Bertz CT molecular complexity index is 1030. The van der Waals surface area contributed by atoms with Gasteiger partial charge in [-0.05, 0) is 43.6 Å². The molecule has 7 heteroatoms. The van der Waals surface area contributed by atoms with E-state index in [-0.39, 0.29) is 42.0 Å². The number of fused-ring (bicyclic) bond motifs is 2. The zero-order valence-corrected chi connectivity index (χ0v) is 18.4. The summed E-state index contributed by atoms with van der Waals surface area (Å²) in [5.74, 6) is 0.419. The Hall–Kier alpha value is -2.67. The molecule has 2 fully saturated rings. The first-order valence-electron chi connectivity index (χ1n) is 11.1. The van der Waals surface area contributed by atoms with Crippen LogP contribution in [0.2, 0.25) is 0 Å². The van der Waals surface area contributed by atoms with Gasteiger partial charge < -0.3 is 19.9 Å². The van der Waals surface area contributed by atoms with Crippen LogP contribution in [0.3, 0.4) is 0 Å². The lowest BCUT2D eigenvalue weighted by molar-refractivity contribution is -0.131. The first-order chi connectivity index (χ1) is 14.8. The number of ketones is 1. The van der Waals surface area contributed by atoms with Gasteiger partial charge in [0.2, 0.25) is 11.8 Å². The van der Waals surface area contributed by atoms with Gasteiger partial charge in [0.05, 0.1) is 17.7 Å². The van der Waals surface area contributed by atoms with Gasteiger partial charge in [-0.3, -0.25) is 14.4 Å². The molecule has 1 saturated carbocycles. The summed E-state index contributed by atoms with van der Waals surface area (Å²) in [4.78, 5) is 38.7. The van der Waals surface area contributed by atoms with Crippen LogP contribution in [0.15, 0.2) is 24.4 Å². The zero-order valence-electron chi connectivity index (χ0n) is 18.4. The second-order valence-electron chi connectivity index (χ2n) is 9.06. The number of nitrogens with one attached hydrogen (secondary N) is 1. The minimum atomic E-state index is -0.571. The Labute approximate surface area is 182 Å². The first kappa shape index (κ1) is 21.6. The summed E-state index contributed by atoms with van der Waals surface area (Å²) in [6, 6.07) is 5.70. The topological polar surface area (TPSA) is 91.6 Å². The van der Waals surface area contributed by atoms with Crippen molar-refractivity contribution >= 4 is 28.5 Å². The van der Waals surface area contributed by atoms with Crippen molar-refractivity contribution in [2.75, 3.05) is 13.1 Å². The molecule has 0 bridgehead atoms. The predicted octanol–water partition coefficient (Wildman–Crippen LogP) is 2.14. The molecule has 1 aliphatic heterocycles. The molecule has 2 N–H and O–H groups in total. The molecule has 1 aliphatic carbocycles. The predicted molar refractivity (Wildman–Crippen MR) is 118 cm³/mol. The number of likely N-dealkylation sites (tertiary alicyclic amines) is 1. The normalized spacial score (nSPS) is 25.5. The van der Waals surface area contributed by atoms with Gasteiger partial charge >= 0.3 is 0 Å². The molecule has 7 nitrogen and oxygen atoms in total. The molecule has 166 valence electrons. The third kappa shape index (κ3) is 4.11. The van der Waals surface area contributed by atoms with Gasteiger partial charge in [0, 0.05) is 37.2 Å². The molecule has 2 aliphatic rings. The van der Waals surface area contributed by atoms with E-state index in [1.807, 2.05) is 33.9 Å². The van der Waals surface area contributed by atoms with Crippen LogP contribution >= 0.6 is 0 Å². The standard InChI is InChI=1S/C24H31N3O4/c1-4-16-6-5-7-19-20(14(2)28)12-27(24(16)19)13-23(31)26-10-17-8-21(25-15(3)29)22(30)9-18(17)11-26/h5-7,12,17-18,21-22,30H,4,8-11,13H2,1-3H3,(H,25,29)/t17-,18+,21-,22-/m1/s1. The number of amides is 2. The van der Waals surface area contributed by atoms with Crippen molar-refractivity contribution in [3.05, 3.63) is 35.5 Å². The number of aliphatic hydroxyl groups is 1. The molecule has 4 rings (SSSR count). The largest absolute Gasteiger partial charge is 0.391 e. The summed E-state index contributed by atoms with van der Waals surface area (Å²) < 4.78 is 1.92. The zero-order chi connectivity index (χ0) is 22.3. The molecule has 2 amide bonds. The fourth-order valence-corrected chi connectivity index (χ4v) is 5.42. The van der Waals surface area contributed by atoms with Gasteiger partial charge in [0.1, 0.15) is 6.54 Å². The SMILES string of the molecule is CCc1cccc2c(C(C)=O)cn(CC(=O)N3C[C@H]4C[C@@H](NC(C)=O)[C@H](O)C[C@H]4C3)c12. The monoisotopic (exact) mass is 425 g/mol. The minimum Gasteiger partial charge on any atom is -0.391 e. The molecule has 31 heavy (non-hydrogen) atoms. The molecule has 2 heterocycles. The average molecular weight is 426 g/mol. The highest BCUT2D eigenvalue weighted by Crippen LogP contribution is 2.37. The number of rotatable bonds is 5. The lowest BCUT2D eigenvalue weighted by Crippen LogP contribution is -2.48. The lowest BCUT2D eigenvalue weighted by atomic mass is 9.77. The second-order valence-corrected chi connectivity index (χ2v) is 9.06. The number of para-hydroxylation sites is 1. The van der Waals surface area contributed by atoms with Gasteiger partial charge in [-0.25, -0.2) is 0 Å². The fraction of sp³-hybridized carbons (Fsp3) is 0.542. The molecule has 1 aromatic carbocycles. The summed E-state index contributed by atoms with van der Waals surface area (Å²) in [7, 11) is 0. The average Bonchev–Trinajstić information content (AvgIpc) is 3.29. The number of aryl methyl sites for hydroxylation is 1. The number of hydrogen-bond acceptors (Lipinski definition) is 4. The van der Waals surface area contributed by atoms with Crippen molar-refractivity contribution in [1.82, 2.24) is 14.8 Å². The van der Waals surface area contributed by atoms with Crippen molar-refractivity contribution in [2.45, 2.75) is 58.7 Å². The van der Waals surface area contributed by atoms with E-state index in [0.29, 0.717) is 31.5 Å². The number of aliphatic hydroxyl groups excluding tert-OH is 1. The Morgan fingerprint density at radius 3 is 2.48 bits per heavy atom. The van der Waals surface area contributed by atoms with Gasteiger partial charge in [-0.2, -0.15) is 0 Å². The van der Waals surface area contributed by atoms with Crippen molar-refractivity contribution < 1.29 is 19.5 Å². The van der Waals surface area contributed by atoms with Crippen molar-refractivity contribution in [3.63, 3.8) is 0 Å². The molecule has 1 aromatic heterocycles. The smallest absolute Gasteiger partial charge is 0.242 e. The van der Waals surface area contributed by atoms with Crippen LogP contribution in [0.5, 0.6) is 0 Å². The second kappa shape index (κ2) is 8.46. The maximum Gasteiger partial charge on any atom is 0.242 e. The van der Waals surface area contributed by atoms with Gasteiger partial charge in [0.15, 0.2) is 5.78 Å². The number of aromatic nitrogens is 1. The van der Waals surface area contributed by atoms with E-state index >= 15 is 0 Å². The molecule has 0 radical (unpaired) electrons. The van der Waals surface area contributed by atoms with Gasteiger partial charge in [-0.15, -0.1) is 0 Å². The summed E-state index contributed by atoms with van der Waals surface area (Å²) in [5.41, 5.74) is 2.73. The Kier molecular flexibility index (Phi) is 5.88. The summed E-state index contributed by atoms with van der Waals surface area (Å²) in [6.07, 6.45) is 3.35. The van der Waals surface area contributed by atoms with Crippen LogP contribution in [-0.2, 0) is 22.6 Å². The number of hydrogen-bond donors (Lipinski definition) is 2. The van der Waals surface area contributed by atoms with E-state index in [9.17, 15) is 19.5 Å². The molecule has 0 unspecified atom stereocenters. The highest BCUT2D eigenvalue weighted by atomic mass is 16.3. The Morgan fingerprint density at radius 1 is 1.13 bits per heavy atom. The van der Waals surface area contributed by atoms with Crippen molar-refractivity contribution in [2.24, 2.45) is 11.8 Å². The van der Waals surface area contributed by atoms with Gasteiger partial charge in [0.25, 0.3) is 0 Å². The van der Waals surface area contributed by atoms with E-state index < -0.39 is 6.10 Å². The number of Topliss-reactive ketones (excluding diaryl/α,β-unsaturated/α-hetero) is 1. The molecule has 0 spiro atoms. The van der Waals surface area contributed by atoms with Crippen LogP contribution in [-0.4, -0.2) is 57.4 Å². The highest BCUT2D eigenvalue weighted by Gasteiger charge is 2.43. The van der Waals surface area contributed by atoms with Crippen LogP contribution in [0.4, 0.5) is 0 Å². The number of nitrogens with zero attached hydrogens (tertiary/aromatic N) is 2. The quantitative estimate of drug-likeness (QED) is 0.718. The van der Waals surface area contributed by atoms with E-state index in [1.165, 1.54) is 6.92 Å². The van der Waals surface area contributed by atoms with Gasteiger partial charge in [-0.1, -0.05) is 25.1 Å². The summed E-state index contributed by atoms with van der Waals surface area (Å²) >= 11 is 0. The van der Waals surface area contributed by atoms with E-state index in [4.69, 9.17) is 0 Å². The molecule has 2 aromatic rings. The maximum atomic E-state index is 13.2. The third-order valence-corrected chi connectivity index (χ3v) is 6.93. The molecule has 1 saturated heterocycles. The number of carbonyl (C=O) groups is 3. The molecular weight excluding hydrogens is 394 g/mol. The lowest BCUT2D eigenvalue weighted by Gasteiger charge is -2.35. The van der Waals surface area contributed by atoms with E-state index in [0.717, 1.165) is 22.9 Å². The highest BCUT2D eigenvalue weighted by molar-refractivity contribution is 6.07. The minimum absolute atomic E-state index is 0.00496. The van der Waals surface area contributed by atoms with E-state index in [1.54, 1.807) is 6.92 Å². The van der Waals surface area contributed by atoms with E-state index in [2.05, 4.69) is 12.2 Å². The fourth-order valence-electron chi connectivity index (χ4n) is 5.42. The van der Waals surface area contributed by atoms with Crippen LogP contribution in [0, 0.1) is 11.8 Å². The van der Waals surface area contributed by atoms with Crippen molar-refractivity contribution in [3.8, 4) is 0 Å². The number of carbonyl (C=O) groups excluding carboxylic acids is 3. The third-order valence-electron chi connectivity index (χ3n) is 6.93. The maximum absolute atomic E-state index is 13.2. The van der Waals surface area contributed by atoms with Crippen LogP contribution in [0.1, 0.15) is 49.5 Å². The van der Waals surface area contributed by atoms with Crippen LogP contribution < -0.4 is 5.32 Å². The summed E-state index contributed by atoms with van der Waals surface area (Å²) in [5, 5.41) is 14.1. The Balaban J connectivity index is 1.53. The first-order valence-corrected chi connectivity index (χ1v) is 11.1. The molecular formula is C24H31N3O4.